The number of amides is 1. The van der Waals surface area contributed by atoms with Crippen molar-refractivity contribution in [1.82, 2.24) is 15.0 Å². The van der Waals surface area contributed by atoms with Crippen LogP contribution in [0.1, 0.15) is 10.4 Å². The number of para-hydroxylation sites is 1. The van der Waals surface area contributed by atoms with E-state index in [9.17, 15) is 4.79 Å². The first-order chi connectivity index (χ1) is 12.7. The summed E-state index contributed by atoms with van der Waals surface area (Å²) < 4.78 is 0. The molecule has 0 atom stereocenters. The van der Waals surface area contributed by atoms with Gasteiger partial charge in [-0.05, 0) is 36.4 Å². The molecule has 3 heterocycles. The summed E-state index contributed by atoms with van der Waals surface area (Å²) in [6.07, 6.45) is 4.93. The fourth-order valence-corrected chi connectivity index (χ4v) is 2.90. The summed E-state index contributed by atoms with van der Waals surface area (Å²) >= 11 is 6.33. The number of rotatable bonds is 3. The van der Waals surface area contributed by atoms with Crippen LogP contribution in [0.25, 0.3) is 22.3 Å². The highest BCUT2D eigenvalue weighted by Crippen LogP contribution is 2.29. The molecule has 0 aliphatic carbocycles. The maximum atomic E-state index is 12.9. The number of hydrogen-bond donors (Lipinski definition) is 1. The van der Waals surface area contributed by atoms with Gasteiger partial charge in [0, 0.05) is 29.7 Å². The van der Waals surface area contributed by atoms with Crippen molar-refractivity contribution in [2.24, 2.45) is 0 Å². The van der Waals surface area contributed by atoms with Crippen LogP contribution in [0.2, 0.25) is 5.02 Å². The van der Waals surface area contributed by atoms with Crippen molar-refractivity contribution in [2.75, 3.05) is 5.32 Å². The molecule has 0 saturated carbocycles. The van der Waals surface area contributed by atoms with E-state index in [0.29, 0.717) is 38.6 Å². The number of fused-ring (bicyclic) bond motifs is 1. The molecule has 5 nitrogen and oxygen atoms in total. The van der Waals surface area contributed by atoms with Crippen LogP contribution < -0.4 is 5.32 Å². The van der Waals surface area contributed by atoms with Gasteiger partial charge in [-0.2, -0.15) is 0 Å². The van der Waals surface area contributed by atoms with Gasteiger partial charge in [0.1, 0.15) is 0 Å². The molecular weight excluding hydrogens is 348 g/mol. The lowest BCUT2D eigenvalue weighted by Gasteiger charge is -2.11. The molecular formula is C20H13ClN4O. The van der Waals surface area contributed by atoms with Crippen LogP contribution in [0.5, 0.6) is 0 Å². The Bertz CT molecular complexity index is 1080. The molecule has 6 heteroatoms. The Morgan fingerprint density at radius 2 is 1.77 bits per heavy atom. The molecule has 3 aromatic heterocycles. The highest BCUT2D eigenvalue weighted by atomic mass is 35.5. The van der Waals surface area contributed by atoms with Crippen molar-refractivity contribution in [2.45, 2.75) is 0 Å². The second-order valence-corrected chi connectivity index (χ2v) is 6.00. The molecule has 26 heavy (non-hydrogen) atoms. The number of benzene rings is 1. The third kappa shape index (κ3) is 3.12. The molecule has 0 fully saturated rings. The third-order valence-corrected chi connectivity index (χ3v) is 4.21. The molecule has 0 saturated heterocycles. The Labute approximate surface area is 154 Å². The van der Waals surface area contributed by atoms with Crippen molar-refractivity contribution in [3.63, 3.8) is 0 Å². The van der Waals surface area contributed by atoms with Gasteiger partial charge in [-0.1, -0.05) is 29.8 Å². The molecule has 1 aromatic carbocycles. The van der Waals surface area contributed by atoms with Crippen LogP contribution in [0, 0.1) is 0 Å². The fourth-order valence-electron chi connectivity index (χ4n) is 2.68. The Morgan fingerprint density at radius 1 is 0.923 bits per heavy atom. The minimum atomic E-state index is -0.247. The number of nitrogens with zero attached hydrogens (tertiary/aromatic N) is 3. The Hall–Kier alpha value is -3.31. The number of anilines is 1. The summed E-state index contributed by atoms with van der Waals surface area (Å²) in [5.41, 5.74) is 2.97. The summed E-state index contributed by atoms with van der Waals surface area (Å²) in [4.78, 5) is 25.8. The monoisotopic (exact) mass is 360 g/mol. The van der Waals surface area contributed by atoms with E-state index in [0.717, 1.165) is 0 Å². The highest BCUT2D eigenvalue weighted by Gasteiger charge is 2.16. The first kappa shape index (κ1) is 16.2. The SMILES string of the molecule is O=C(Nc1ccncc1)c1cc(-c2ccccn2)nc2c(Cl)cccc12. The average Bonchev–Trinajstić information content (AvgIpc) is 2.69. The topological polar surface area (TPSA) is 67.8 Å². The van der Waals surface area contributed by atoms with Gasteiger partial charge in [-0.3, -0.25) is 14.8 Å². The zero-order valence-electron chi connectivity index (χ0n) is 13.6. The number of halogens is 1. The van der Waals surface area contributed by atoms with Crippen LogP contribution in [-0.4, -0.2) is 20.9 Å². The summed E-state index contributed by atoms with van der Waals surface area (Å²) in [6, 6.07) is 16.1. The number of carbonyl (C=O) groups excluding carboxylic acids is 1. The van der Waals surface area contributed by atoms with Crippen LogP contribution in [0.3, 0.4) is 0 Å². The molecule has 0 bridgehead atoms. The highest BCUT2D eigenvalue weighted by molar-refractivity contribution is 6.35. The molecule has 4 rings (SSSR count). The van der Waals surface area contributed by atoms with Crippen molar-refractivity contribution in [1.29, 1.82) is 0 Å². The molecule has 0 unspecified atom stereocenters. The van der Waals surface area contributed by atoms with Gasteiger partial charge in [-0.15, -0.1) is 0 Å². The zero-order valence-corrected chi connectivity index (χ0v) is 14.3. The number of aromatic nitrogens is 3. The van der Waals surface area contributed by atoms with Gasteiger partial charge >= 0.3 is 0 Å². The standard InChI is InChI=1S/C20H13ClN4O/c21-16-5-3-4-14-15(20(26)24-13-7-10-22-11-8-13)12-18(25-19(14)16)17-6-1-2-9-23-17/h1-12H,(H,22,24,26). The van der Waals surface area contributed by atoms with Crippen LogP contribution in [0.4, 0.5) is 5.69 Å². The summed E-state index contributed by atoms with van der Waals surface area (Å²) in [7, 11) is 0. The van der Waals surface area contributed by atoms with Gasteiger partial charge in [0.2, 0.25) is 0 Å². The van der Waals surface area contributed by atoms with Crippen LogP contribution in [0.15, 0.2) is 73.2 Å². The van der Waals surface area contributed by atoms with Gasteiger partial charge < -0.3 is 5.32 Å². The third-order valence-electron chi connectivity index (χ3n) is 3.90. The van der Waals surface area contributed by atoms with Crippen molar-refractivity contribution >= 4 is 34.1 Å². The number of nitrogens with one attached hydrogen (secondary N) is 1. The van der Waals surface area contributed by atoms with Crippen molar-refractivity contribution in [3.8, 4) is 11.4 Å². The van der Waals surface area contributed by atoms with E-state index < -0.39 is 0 Å². The second kappa shape index (κ2) is 6.90. The summed E-state index contributed by atoms with van der Waals surface area (Å²) in [6.45, 7) is 0. The normalized spacial score (nSPS) is 10.7. The lowest BCUT2D eigenvalue weighted by Crippen LogP contribution is -2.13. The molecule has 126 valence electrons. The smallest absolute Gasteiger partial charge is 0.256 e. The predicted octanol–water partition coefficient (Wildman–Crippen LogP) is 4.60. The van der Waals surface area contributed by atoms with E-state index >= 15 is 0 Å². The molecule has 4 aromatic rings. The molecule has 1 amide bonds. The van der Waals surface area contributed by atoms with Gasteiger partial charge in [-0.25, -0.2) is 4.98 Å². The molecule has 0 spiro atoms. The van der Waals surface area contributed by atoms with E-state index in [-0.39, 0.29) is 5.91 Å². The van der Waals surface area contributed by atoms with Crippen molar-refractivity contribution < 1.29 is 4.79 Å². The molecule has 1 N–H and O–H groups in total. The van der Waals surface area contributed by atoms with E-state index in [4.69, 9.17) is 11.6 Å². The molecule has 0 aliphatic rings. The molecule has 0 radical (unpaired) electrons. The summed E-state index contributed by atoms with van der Waals surface area (Å²) in [5.74, 6) is -0.247. The number of hydrogen-bond acceptors (Lipinski definition) is 4. The van der Waals surface area contributed by atoms with Crippen LogP contribution in [-0.2, 0) is 0 Å². The van der Waals surface area contributed by atoms with Crippen LogP contribution >= 0.6 is 11.6 Å². The summed E-state index contributed by atoms with van der Waals surface area (Å²) in [5, 5.41) is 4.05. The van der Waals surface area contributed by atoms with Crippen molar-refractivity contribution in [3.05, 3.63) is 83.8 Å². The van der Waals surface area contributed by atoms with E-state index in [2.05, 4.69) is 20.3 Å². The largest absolute Gasteiger partial charge is 0.322 e. The predicted molar refractivity (Wildman–Crippen MR) is 102 cm³/mol. The number of pyridine rings is 3. The maximum Gasteiger partial charge on any atom is 0.256 e. The molecule has 0 aliphatic heterocycles. The minimum absolute atomic E-state index is 0.247. The van der Waals surface area contributed by atoms with Gasteiger partial charge in [0.15, 0.2) is 0 Å². The first-order valence-electron chi connectivity index (χ1n) is 7.94. The lowest BCUT2D eigenvalue weighted by atomic mass is 10.1. The Morgan fingerprint density at radius 3 is 2.54 bits per heavy atom. The Balaban J connectivity index is 1.87. The average molecular weight is 361 g/mol. The maximum absolute atomic E-state index is 12.9. The minimum Gasteiger partial charge on any atom is -0.322 e. The first-order valence-corrected chi connectivity index (χ1v) is 8.32. The lowest BCUT2D eigenvalue weighted by molar-refractivity contribution is 0.102. The van der Waals surface area contributed by atoms with E-state index in [1.165, 1.54) is 0 Å². The van der Waals surface area contributed by atoms with Gasteiger partial charge in [0.05, 0.1) is 27.5 Å². The fraction of sp³-hybridized carbons (Fsp3) is 0. The van der Waals surface area contributed by atoms with E-state index in [1.807, 2.05) is 24.3 Å². The van der Waals surface area contributed by atoms with E-state index in [1.54, 1.807) is 48.9 Å². The quantitative estimate of drug-likeness (QED) is 0.580. The second-order valence-electron chi connectivity index (χ2n) is 5.60. The van der Waals surface area contributed by atoms with Gasteiger partial charge in [0.25, 0.3) is 5.91 Å². The Kier molecular flexibility index (Phi) is 4.29. The zero-order chi connectivity index (χ0) is 17.9. The number of carbonyl (C=O) groups is 1.